The molecule has 2 aromatic rings. The molecule has 2 fully saturated rings. The Morgan fingerprint density at radius 2 is 1.59 bits per heavy atom. The second-order valence-electron chi connectivity index (χ2n) is 10.1. The lowest BCUT2D eigenvalue weighted by Crippen LogP contribution is -2.64. The van der Waals surface area contributed by atoms with Crippen molar-refractivity contribution in [1.29, 1.82) is 0 Å². The number of hydrogen-bond donors (Lipinski definition) is 2. The van der Waals surface area contributed by atoms with Crippen LogP contribution < -0.4 is 10.6 Å². The Morgan fingerprint density at radius 1 is 0.974 bits per heavy atom. The quantitative estimate of drug-likeness (QED) is 0.335. The molecule has 1 spiro atoms. The van der Waals surface area contributed by atoms with Gasteiger partial charge < -0.3 is 15.4 Å². The lowest BCUT2D eigenvalue weighted by Gasteiger charge is -2.45. The minimum absolute atomic E-state index is 0.0756. The summed E-state index contributed by atoms with van der Waals surface area (Å²) in [6, 6.07) is 9.97. The molecule has 3 atom stereocenters. The Morgan fingerprint density at radius 3 is 2.10 bits per heavy atom. The highest BCUT2D eigenvalue weighted by molar-refractivity contribution is 6.07. The van der Waals surface area contributed by atoms with Crippen LogP contribution >= 0.6 is 0 Å². The number of benzene rings is 2. The molecule has 4 rings (SSSR count). The lowest BCUT2D eigenvalue weighted by molar-refractivity contribution is -0.143. The van der Waals surface area contributed by atoms with E-state index in [1.807, 2.05) is 19.1 Å². The highest BCUT2D eigenvalue weighted by Crippen LogP contribution is 2.40. The van der Waals surface area contributed by atoms with Crippen LogP contribution in [0.4, 0.5) is 31.1 Å². The van der Waals surface area contributed by atoms with Crippen LogP contribution in [0.5, 0.6) is 0 Å². The van der Waals surface area contributed by atoms with Crippen LogP contribution in [-0.2, 0) is 27.4 Å². The predicted molar refractivity (Wildman–Crippen MR) is 129 cm³/mol. The van der Waals surface area contributed by atoms with Crippen molar-refractivity contribution in [3.63, 3.8) is 0 Å². The summed E-state index contributed by atoms with van der Waals surface area (Å²) in [5.74, 6) is -0.332. The fraction of sp³-hybridized carbons (Fsp3) is 0.481. The molecular formula is C27H29F6N3O3. The van der Waals surface area contributed by atoms with Crippen LogP contribution in [0, 0.1) is 0 Å². The van der Waals surface area contributed by atoms with E-state index in [0.29, 0.717) is 25.0 Å². The highest BCUT2D eigenvalue weighted by atomic mass is 19.4. The van der Waals surface area contributed by atoms with Crippen LogP contribution in [0.25, 0.3) is 0 Å². The first-order valence-electron chi connectivity index (χ1n) is 12.6. The van der Waals surface area contributed by atoms with Crippen molar-refractivity contribution in [2.24, 2.45) is 0 Å². The minimum Gasteiger partial charge on any atom is -0.372 e. The van der Waals surface area contributed by atoms with Gasteiger partial charge in [0, 0.05) is 13.1 Å². The maximum Gasteiger partial charge on any atom is 0.416 e. The largest absolute Gasteiger partial charge is 0.416 e. The first-order valence-corrected chi connectivity index (χ1v) is 12.6. The molecule has 0 saturated carbocycles. The number of nitrogens with zero attached hydrogens (tertiary/aromatic N) is 1. The summed E-state index contributed by atoms with van der Waals surface area (Å²) < 4.78 is 86.1. The second kappa shape index (κ2) is 10.5. The number of halogens is 6. The van der Waals surface area contributed by atoms with Gasteiger partial charge in [-0.3, -0.25) is 9.69 Å². The Kier molecular flexibility index (Phi) is 7.74. The lowest BCUT2D eigenvalue weighted by atomic mass is 9.76. The molecule has 2 N–H and O–H groups in total. The molecule has 2 saturated heterocycles. The number of urea groups is 1. The molecular weight excluding hydrogens is 528 g/mol. The molecule has 0 bridgehead atoms. The molecule has 6 nitrogen and oxygen atoms in total. The number of imide groups is 1. The maximum atomic E-state index is 13.4. The number of nitrogens with one attached hydrogen (secondary N) is 2. The van der Waals surface area contributed by atoms with Crippen molar-refractivity contribution in [1.82, 2.24) is 15.5 Å². The number of alkyl halides is 6. The van der Waals surface area contributed by atoms with Gasteiger partial charge in [-0.15, -0.1) is 0 Å². The van der Waals surface area contributed by atoms with E-state index >= 15 is 0 Å². The number of amides is 3. The van der Waals surface area contributed by atoms with E-state index in [4.69, 9.17) is 4.74 Å². The van der Waals surface area contributed by atoms with Crippen LogP contribution in [0.15, 0.2) is 48.5 Å². The number of ether oxygens (including phenoxy) is 1. The second-order valence-corrected chi connectivity index (χ2v) is 10.1. The molecule has 2 aliphatic rings. The van der Waals surface area contributed by atoms with Crippen molar-refractivity contribution >= 4 is 11.9 Å². The Hall–Kier alpha value is -3.12. The summed E-state index contributed by atoms with van der Waals surface area (Å²) in [7, 11) is 0. The highest BCUT2D eigenvalue weighted by Gasteiger charge is 2.55. The molecule has 2 aliphatic heterocycles. The summed E-state index contributed by atoms with van der Waals surface area (Å²) in [4.78, 5) is 26.7. The van der Waals surface area contributed by atoms with E-state index in [1.54, 1.807) is 18.2 Å². The normalized spacial score (nSPS) is 24.8. The number of piperidine rings is 1. The predicted octanol–water partition coefficient (Wildman–Crippen LogP) is 5.78. The average Bonchev–Trinajstić information content (AvgIpc) is 3.12. The first-order chi connectivity index (χ1) is 18.2. The van der Waals surface area contributed by atoms with Gasteiger partial charge in [-0.25, -0.2) is 4.79 Å². The maximum absolute atomic E-state index is 13.4. The molecule has 3 amide bonds. The smallest absolute Gasteiger partial charge is 0.372 e. The van der Waals surface area contributed by atoms with Crippen LogP contribution in [0.3, 0.4) is 0 Å². The molecule has 2 heterocycles. The number of hydrogen-bond acceptors (Lipinski definition) is 4. The first kappa shape index (κ1) is 28.9. The van der Waals surface area contributed by atoms with Crippen molar-refractivity contribution in [2.45, 2.75) is 62.6 Å². The summed E-state index contributed by atoms with van der Waals surface area (Å²) >= 11 is 0. The van der Waals surface area contributed by atoms with Gasteiger partial charge in [0.2, 0.25) is 0 Å². The molecule has 2 aromatic carbocycles. The molecule has 12 heteroatoms. The van der Waals surface area contributed by atoms with Crippen LogP contribution in [0.2, 0.25) is 0 Å². The monoisotopic (exact) mass is 557 g/mol. The number of carbonyl (C=O) groups is 2. The van der Waals surface area contributed by atoms with Crippen molar-refractivity contribution in [2.75, 3.05) is 19.7 Å². The minimum atomic E-state index is -4.97. The molecule has 212 valence electrons. The van der Waals surface area contributed by atoms with Crippen molar-refractivity contribution in [3.8, 4) is 0 Å². The Labute approximate surface area is 221 Å². The standard InChI is InChI=1S/C27H29F6N3O3/c1-3-11-36-22(37)24(35-23(36)38)9-10-25(34-15-24,19-7-5-4-6-8-19)16-39-17(2)18-12-20(26(28,29)30)14-21(13-18)27(31,32)33/h4-8,12-14,17,34H,3,9-11,15-16H2,1-2H3,(H,35,38)/t17-,24-,25-/m1/s1. The fourth-order valence-electron chi connectivity index (χ4n) is 5.10. The molecule has 39 heavy (non-hydrogen) atoms. The van der Waals surface area contributed by atoms with Gasteiger partial charge in [-0.05, 0) is 55.5 Å². The SMILES string of the molecule is CCCN1C(=O)N[C@@]2(CC[C@@](CO[C@H](C)c3cc(C(F)(F)F)cc(C(F)(F)F)c3)(c3ccccc3)NC2)C1=O. The fourth-order valence-corrected chi connectivity index (χ4v) is 5.10. The number of carbonyl (C=O) groups excluding carboxylic acids is 2. The van der Waals surface area contributed by atoms with Gasteiger partial charge in [0.1, 0.15) is 5.54 Å². The van der Waals surface area contributed by atoms with Gasteiger partial charge in [-0.1, -0.05) is 37.3 Å². The summed E-state index contributed by atoms with van der Waals surface area (Å²) in [6.07, 6.45) is -9.87. The Balaban J connectivity index is 1.58. The summed E-state index contributed by atoms with van der Waals surface area (Å²) in [5.41, 5.74) is -4.36. The molecule has 0 unspecified atom stereocenters. The third-order valence-corrected chi connectivity index (χ3v) is 7.39. The molecule has 0 radical (unpaired) electrons. The zero-order chi connectivity index (χ0) is 28.6. The van der Waals surface area contributed by atoms with E-state index in [2.05, 4.69) is 10.6 Å². The summed E-state index contributed by atoms with van der Waals surface area (Å²) in [5, 5.41) is 6.12. The Bertz CT molecular complexity index is 1180. The summed E-state index contributed by atoms with van der Waals surface area (Å²) in [6.45, 7) is 3.50. The van der Waals surface area contributed by atoms with Gasteiger partial charge in [0.15, 0.2) is 0 Å². The van der Waals surface area contributed by atoms with Crippen molar-refractivity contribution in [3.05, 3.63) is 70.8 Å². The van der Waals surface area contributed by atoms with E-state index in [9.17, 15) is 35.9 Å². The van der Waals surface area contributed by atoms with Gasteiger partial charge in [0.25, 0.3) is 5.91 Å². The molecule has 0 aromatic heterocycles. The van der Waals surface area contributed by atoms with E-state index in [-0.39, 0.29) is 43.7 Å². The van der Waals surface area contributed by atoms with E-state index in [1.165, 1.54) is 11.8 Å². The van der Waals surface area contributed by atoms with Crippen molar-refractivity contribution < 1.29 is 40.7 Å². The van der Waals surface area contributed by atoms with Crippen LogP contribution in [-0.4, -0.2) is 42.1 Å². The zero-order valence-corrected chi connectivity index (χ0v) is 21.4. The van der Waals surface area contributed by atoms with Gasteiger partial charge >= 0.3 is 18.4 Å². The zero-order valence-electron chi connectivity index (χ0n) is 21.4. The third kappa shape index (κ3) is 5.76. The number of rotatable bonds is 7. The molecule has 0 aliphatic carbocycles. The third-order valence-electron chi connectivity index (χ3n) is 7.39. The van der Waals surface area contributed by atoms with Gasteiger partial charge in [0.05, 0.1) is 29.4 Å². The topological polar surface area (TPSA) is 70.7 Å². The van der Waals surface area contributed by atoms with E-state index in [0.717, 1.165) is 5.56 Å². The van der Waals surface area contributed by atoms with Gasteiger partial charge in [-0.2, -0.15) is 26.3 Å². The van der Waals surface area contributed by atoms with Crippen LogP contribution in [0.1, 0.15) is 61.5 Å². The van der Waals surface area contributed by atoms with E-state index < -0.39 is 46.7 Å². The average molecular weight is 558 g/mol.